The molecule has 0 saturated carbocycles. The Labute approximate surface area is 304 Å². The van der Waals surface area contributed by atoms with Crippen LogP contribution in [0.5, 0.6) is 5.75 Å². The van der Waals surface area contributed by atoms with Crippen molar-refractivity contribution in [3.8, 4) is 5.75 Å². The minimum atomic E-state index is -4.64. The van der Waals surface area contributed by atoms with Gasteiger partial charge in [-0.05, 0) is 60.2 Å². The molecule has 1 fully saturated rings. The van der Waals surface area contributed by atoms with Crippen LogP contribution in [0.3, 0.4) is 0 Å². The number of thioether (sulfide) groups is 1. The molecule has 3 amide bonds. The number of fused-ring (bicyclic) bond motifs is 1. The molecule has 2 aromatic carbocycles. The molecule has 0 radical (unpaired) electrons. The zero-order valence-electron chi connectivity index (χ0n) is 28.3. The third-order valence-electron chi connectivity index (χ3n) is 8.40. The topological polar surface area (TPSA) is 145 Å². The van der Waals surface area contributed by atoms with Crippen LogP contribution in [0.4, 0.5) is 31.1 Å². The molecular formula is C35H35F6N7O4S. The number of alkyl halides is 3. The minimum Gasteiger partial charge on any atom is -0.493 e. The molecule has 0 aliphatic carbocycles. The van der Waals surface area contributed by atoms with Gasteiger partial charge in [-0.1, -0.05) is 36.9 Å². The summed E-state index contributed by atoms with van der Waals surface area (Å²) < 4.78 is 85.0. The van der Waals surface area contributed by atoms with Gasteiger partial charge in [0.1, 0.15) is 11.6 Å². The Morgan fingerprint density at radius 2 is 1.74 bits per heavy atom. The maximum absolute atomic E-state index is 13.7. The van der Waals surface area contributed by atoms with Crippen molar-refractivity contribution in [1.82, 2.24) is 30.0 Å². The van der Waals surface area contributed by atoms with Crippen molar-refractivity contribution in [1.29, 1.82) is 0 Å². The van der Waals surface area contributed by atoms with Gasteiger partial charge in [0.2, 0.25) is 17.6 Å². The number of rotatable bonds is 11. The molecule has 282 valence electrons. The number of amides is 3. The van der Waals surface area contributed by atoms with E-state index in [0.29, 0.717) is 25.2 Å². The number of carbonyl (C=O) groups is 3. The quantitative estimate of drug-likeness (QED) is 0.156. The van der Waals surface area contributed by atoms with E-state index in [-0.39, 0.29) is 60.3 Å². The number of aromatic nitrogens is 4. The first-order valence-electron chi connectivity index (χ1n) is 16.5. The number of nitrogens with one attached hydrogen (secondary N) is 1. The predicted molar refractivity (Wildman–Crippen MR) is 181 cm³/mol. The second-order valence-corrected chi connectivity index (χ2v) is 13.4. The van der Waals surface area contributed by atoms with Crippen molar-refractivity contribution in [3.05, 3.63) is 106 Å². The van der Waals surface area contributed by atoms with Crippen molar-refractivity contribution < 1.29 is 45.5 Å². The average molecular weight is 764 g/mol. The number of hydrogen-bond acceptors (Lipinski definition) is 9. The molecule has 1 unspecified atom stereocenters. The lowest BCUT2D eigenvalue weighted by atomic mass is 10.0. The molecule has 1 saturated heterocycles. The Balaban J connectivity index is 0.000000206. The molecule has 2 aliphatic rings. The largest absolute Gasteiger partial charge is 0.493 e. The highest BCUT2D eigenvalue weighted by Crippen LogP contribution is 2.30. The number of imide groups is 1. The zero-order valence-corrected chi connectivity index (χ0v) is 29.2. The maximum atomic E-state index is 13.7. The summed E-state index contributed by atoms with van der Waals surface area (Å²) in [6.07, 6.45) is -0.912. The monoisotopic (exact) mass is 763 g/mol. The molecule has 11 nitrogen and oxygen atoms in total. The first kappa shape index (κ1) is 39.2. The summed E-state index contributed by atoms with van der Waals surface area (Å²) in [7, 11) is 0. The van der Waals surface area contributed by atoms with Crippen LogP contribution in [-0.2, 0) is 54.5 Å². The van der Waals surface area contributed by atoms with E-state index in [4.69, 9.17) is 10.5 Å². The third-order valence-corrected chi connectivity index (χ3v) is 9.38. The van der Waals surface area contributed by atoms with Crippen LogP contribution in [0, 0.1) is 17.5 Å². The lowest BCUT2D eigenvalue weighted by Gasteiger charge is -2.29. The molecular weight excluding hydrogens is 728 g/mol. The van der Waals surface area contributed by atoms with Gasteiger partial charge in [-0.2, -0.15) is 13.2 Å². The lowest BCUT2D eigenvalue weighted by Crippen LogP contribution is -2.42. The van der Waals surface area contributed by atoms with E-state index >= 15 is 0 Å². The number of benzene rings is 2. The Kier molecular flexibility index (Phi) is 12.8. The van der Waals surface area contributed by atoms with Gasteiger partial charge in [-0.15, -0.1) is 10.2 Å². The van der Waals surface area contributed by atoms with Gasteiger partial charge in [0.15, 0.2) is 17.5 Å². The van der Waals surface area contributed by atoms with Crippen molar-refractivity contribution >= 4 is 28.8 Å². The lowest BCUT2D eigenvalue weighted by molar-refractivity contribution is -0.148. The fourth-order valence-corrected chi connectivity index (χ4v) is 6.42. The van der Waals surface area contributed by atoms with E-state index in [1.165, 1.54) is 10.5 Å². The van der Waals surface area contributed by atoms with E-state index in [1.807, 2.05) is 36.5 Å². The van der Waals surface area contributed by atoms with Crippen LogP contribution >= 0.6 is 11.8 Å². The normalized spacial score (nSPS) is 16.1. The van der Waals surface area contributed by atoms with Gasteiger partial charge in [0, 0.05) is 49.9 Å². The molecule has 53 heavy (non-hydrogen) atoms. The molecule has 2 aromatic heterocycles. The number of carbonyl (C=O) groups excluding carboxylic acids is 3. The van der Waals surface area contributed by atoms with Crippen molar-refractivity contribution in [3.63, 3.8) is 0 Å². The molecule has 4 aromatic rings. The van der Waals surface area contributed by atoms with Crippen LogP contribution in [0.1, 0.15) is 47.4 Å². The molecule has 3 N–H and O–H groups in total. The van der Waals surface area contributed by atoms with Crippen molar-refractivity contribution in [2.24, 2.45) is 5.73 Å². The summed E-state index contributed by atoms with van der Waals surface area (Å²) >= 11 is 1.05. The molecule has 4 heterocycles. The second-order valence-electron chi connectivity index (χ2n) is 12.3. The fraction of sp³-hybridized carbons (Fsp3) is 0.371. The number of pyridine rings is 1. The maximum Gasteiger partial charge on any atom is 0.451 e. The summed E-state index contributed by atoms with van der Waals surface area (Å²) in [6.45, 7) is 2.37. The minimum absolute atomic E-state index is 0.000783. The van der Waals surface area contributed by atoms with Crippen LogP contribution in [0.25, 0.3) is 0 Å². The van der Waals surface area contributed by atoms with Crippen molar-refractivity contribution in [2.45, 2.75) is 69.6 Å². The highest BCUT2D eigenvalue weighted by atomic mass is 32.2. The number of hydrogen-bond donors (Lipinski definition) is 2. The van der Waals surface area contributed by atoms with Crippen LogP contribution in [-0.4, -0.2) is 66.1 Å². The Hall–Kier alpha value is -4.97. The standard InChI is InChI=1S/C19H20N2O3S.C16H15F6N5O/c1-2-13-3-6-15(20-12-13)9-10-24-16-7-4-14(5-8-16)11-17-18(22)21-19(23)25-17;17-10-6-12(19)11(18)4-8(10)3-9(23)5-14(28)26-1-2-27-13(7-26)24-25-15(27)16(20,21)22/h3-8,12,17H,2,9-11H2,1H3,(H,21,22,23);4,6,9H,1-3,5,7,23H2/t;9-/m.1/s1. The van der Waals surface area contributed by atoms with E-state index in [2.05, 4.69) is 33.5 Å². The summed E-state index contributed by atoms with van der Waals surface area (Å²) in [4.78, 5) is 40.8. The predicted octanol–water partition coefficient (Wildman–Crippen LogP) is 5.18. The summed E-state index contributed by atoms with van der Waals surface area (Å²) in [5.74, 6) is -4.57. The highest BCUT2D eigenvalue weighted by Gasteiger charge is 2.40. The number of halogens is 6. The van der Waals surface area contributed by atoms with Crippen LogP contribution < -0.4 is 15.8 Å². The van der Waals surface area contributed by atoms with E-state index in [1.54, 1.807) is 0 Å². The number of nitrogens with two attached hydrogens (primary N) is 1. The highest BCUT2D eigenvalue weighted by molar-refractivity contribution is 8.15. The van der Waals surface area contributed by atoms with Gasteiger partial charge >= 0.3 is 6.18 Å². The van der Waals surface area contributed by atoms with Crippen LogP contribution in [0.15, 0.2) is 54.7 Å². The Morgan fingerprint density at radius 3 is 2.38 bits per heavy atom. The van der Waals surface area contributed by atoms with E-state index < -0.39 is 41.4 Å². The van der Waals surface area contributed by atoms with Gasteiger partial charge in [0.05, 0.1) is 18.4 Å². The number of ether oxygens (including phenoxy) is 1. The van der Waals surface area contributed by atoms with Gasteiger partial charge in [-0.3, -0.25) is 24.7 Å². The van der Waals surface area contributed by atoms with Gasteiger partial charge in [0.25, 0.3) is 5.24 Å². The Bertz CT molecular complexity index is 1930. The second kappa shape index (κ2) is 17.2. The molecule has 2 atom stereocenters. The molecule has 18 heteroatoms. The van der Waals surface area contributed by atoms with Crippen LogP contribution in [0.2, 0.25) is 0 Å². The molecule has 0 bridgehead atoms. The Morgan fingerprint density at radius 1 is 1.02 bits per heavy atom. The fourth-order valence-electron chi connectivity index (χ4n) is 5.56. The van der Waals surface area contributed by atoms with Gasteiger partial charge < -0.3 is 19.9 Å². The van der Waals surface area contributed by atoms with E-state index in [0.717, 1.165) is 46.2 Å². The molecule has 6 rings (SSSR count). The summed E-state index contributed by atoms with van der Waals surface area (Å²) in [5.41, 5.74) is 8.90. The summed E-state index contributed by atoms with van der Waals surface area (Å²) in [6, 6.07) is 12.0. The average Bonchev–Trinajstić information content (AvgIpc) is 3.70. The zero-order chi connectivity index (χ0) is 38.3. The smallest absolute Gasteiger partial charge is 0.451 e. The number of nitrogens with zero attached hydrogens (tertiary/aromatic N) is 5. The SMILES string of the molecule is CCc1ccc(CCOc2ccc(CC3SC(=O)NC3=O)cc2)nc1.N[C@@H](CC(=O)N1CCn2c(nnc2C(F)(F)F)C1)Cc1cc(F)c(F)cc1F. The van der Waals surface area contributed by atoms with E-state index in [9.17, 15) is 40.7 Å². The van der Waals surface area contributed by atoms with Gasteiger partial charge in [-0.25, -0.2) is 13.2 Å². The first-order chi connectivity index (χ1) is 25.2. The third kappa shape index (κ3) is 10.6. The van der Waals surface area contributed by atoms with Crippen molar-refractivity contribution in [2.75, 3.05) is 13.2 Å². The molecule has 0 spiro atoms. The summed E-state index contributed by atoms with van der Waals surface area (Å²) in [5, 5.41) is 8.29. The number of aryl methyl sites for hydroxylation is 1. The first-order valence-corrected chi connectivity index (χ1v) is 17.4. The molecule has 2 aliphatic heterocycles.